The summed E-state index contributed by atoms with van der Waals surface area (Å²) in [5.74, 6) is 0.577. The molecule has 1 aliphatic rings. The Hall–Kier alpha value is -0.990. The van der Waals surface area contributed by atoms with Gasteiger partial charge in [-0.05, 0) is 42.5 Å². The molecule has 1 saturated heterocycles. The first-order valence-corrected chi connectivity index (χ1v) is 6.06. The van der Waals surface area contributed by atoms with Gasteiger partial charge in [0, 0.05) is 35.3 Å². The van der Waals surface area contributed by atoms with Crippen molar-refractivity contribution < 1.29 is 4.74 Å². The lowest BCUT2D eigenvalue weighted by atomic mass is 9.90. The molecule has 0 unspecified atom stereocenters. The van der Waals surface area contributed by atoms with E-state index in [1.54, 1.807) is 0 Å². The van der Waals surface area contributed by atoms with Crippen molar-refractivity contribution in [1.82, 2.24) is 4.98 Å². The van der Waals surface area contributed by atoms with Crippen LogP contribution >= 0.6 is 11.6 Å². The van der Waals surface area contributed by atoms with Gasteiger partial charge in [-0.2, -0.15) is 0 Å². The second-order valence-corrected chi connectivity index (χ2v) is 4.76. The van der Waals surface area contributed by atoms with Gasteiger partial charge < -0.3 is 9.72 Å². The molecule has 2 aromatic rings. The summed E-state index contributed by atoms with van der Waals surface area (Å²) in [6, 6.07) is 6.18. The average molecular weight is 236 g/mol. The van der Waals surface area contributed by atoms with Crippen LogP contribution in [0.4, 0.5) is 0 Å². The van der Waals surface area contributed by atoms with E-state index in [2.05, 4.69) is 17.1 Å². The Morgan fingerprint density at radius 1 is 1.25 bits per heavy atom. The van der Waals surface area contributed by atoms with Crippen LogP contribution in [-0.2, 0) is 4.74 Å². The Kier molecular flexibility index (Phi) is 2.62. The Balaban J connectivity index is 2.09. The fraction of sp³-hybridized carbons (Fsp3) is 0.385. The average Bonchev–Trinajstić information content (AvgIpc) is 2.77. The van der Waals surface area contributed by atoms with Crippen LogP contribution in [-0.4, -0.2) is 18.2 Å². The number of benzene rings is 1. The Morgan fingerprint density at radius 2 is 2.06 bits per heavy atom. The summed E-state index contributed by atoms with van der Waals surface area (Å²) in [4.78, 5) is 3.31. The van der Waals surface area contributed by atoms with Gasteiger partial charge in [-0.1, -0.05) is 11.6 Å². The molecule has 2 nitrogen and oxygen atoms in total. The molecule has 0 spiro atoms. The molecule has 16 heavy (non-hydrogen) atoms. The van der Waals surface area contributed by atoms with Gasteiger partial charge in [0.15, 0.2) is 0 Å². The van der Waals surface area contributed by atoms with Gasteiger partial charge in [0.05, 0.1) is 0 Å². The quantitative estimate of drug-likeness (QED) is 0.801. The van der Waals surface area contributed by atoms with Crippen LogP contribution in [0.3, 0.4) is 0 Å². The molecule has 1 aliphatic heterocycles. The molecular weight excluding hydrogens is 222 g/mol. The Bertz CT molecular complexity index is 500. The van der Waals surface area contributed by atoms with Crippen LogP contribution in [0.2, 0.25) is 5.02 Å². The van der Waals surface area contributed by atoms with Crippen LogP contribution in [0.25, 0.3) is 10.9 Å². The smallest absolute Gasteiger partial charge is 0.0490 e. The van der Waals surface area contributed by atoms with Gasteiger partial charge in [-0.3, -0.25) is 0 Å². The summed E-state index contributed by atoms with van der Waals surface area (Å²) in [5.41, 5.74) is 2.58. The highest BCUT2D eigenvalue weighted by Gasteiger charge is 2.19. The van der Waals surface area contributed by atoms with E-state index >= 15 is 0 Å². The number of aromatic amines is 1. The van der Waals surface area contributed by atoms with E-state index in [0.717, 1.165) is 31.1 Å². The monoisotopic (exact) mass is 235 g/mol. The molecule has 3 rings (SSSR count). The highest BCUT2D eigenvalue weighted by atomic mass is 35.5. The lowest BCUT2D eigenvalue weighted by Crippen LogP contribution is -2.14. The molecule has 2 heterocycles. The third-order valence-corrected chi connectivity index (χ3v) is 3.53. The largest absolute Gasteiger partial charge is 0.381 e. The highest BCUT2D eigenvalue weighted by Crippen LogP contribution is 2.33. The van der Waals surface area contributed by atoms with E-state index in [4.69, 9.17) is 16.3 Å². The molecule has 1 aromatic carbocycles. The minimum absolute atomic E-state index is 0.577. The maximum atomic E-state index is 6.15. The summed E-state index contributed by atoms with van der Waals surface area (Å²) in [6.07, 6.45) is 4.16. The summed E-state index contributed by atoms with van der Waals surface area (Å²) in [5, 5.41) is 2.03. The minimum Gasteiger partial charge on any atom is -0.381 e. The predicted molar refractivity (Wildman–Crippen MR) is 66.1 cm³/mol. The zero-order chi connectivity index (χ0) is 11.0. The van der Waals surface area contributed by atoms with E-state index in [0.29, 0.717) is 5.92 Å². The molecule has 84 valence electrons. The maximum Gasteiger partial charge on any atom is 0.0490 e. The molecule has 1 N–H and O–H groups in total. The number of hydrogen-bond acceptors (Lipinski definition) is 1. The Labute approximate surface area is 99.6 Å². The van der Waals surface area contributed by atoms with Crippen LogP contribution in [0.5, 0.6) is 0 Å². The first-order chi connectivity index (χ1) is 7.84. The van der Waals surface area contributed by atoms with Gasteiger partial charge >= 0.3 is 0 Å². The van der Waals surface area contributed by atoms with Crippen molar-refractivity contribution in [3.63, 3.8) is 0 Å². The van der Waals surface area contributed by atoms with Crippen molar-refractivity contribution in [3.05, 3.63) is 35.0 Å². The molecule has 0 aliphatic carbocycles. The number of aromatic nitrogens is 1. The van der Waals surface area contributed by atoms with Crippen LogP contribution in [0.1, 0.15) is 24.3 Å². The molecule has 0 saturated carbocycles. The number of hydrogen-bond donors (Lipinski definition) is 1. The van der Waals surface area contributed by atoms with E-state index in [-0.39, 0.29) is 0 Å². The van der Waals surface area contributed by atoms with Crippen molar-refractivity contribution in [1.29, 1.82) is 0 Å². The summed E-state index contributed by atoms with van der Waals surface area (Å²) in [7, 11) is 0. The fourth-order valence-corrected chi connectivity index (χ4v) is 2.73. The molecule has 0 bridgehead atoms. The lowest BCUT2D eigenvalue weighted by Gasteiger charge is -2.23. The number of halogens is 1. The van der Waals surface area contributed by atoms with E-state index in [9.17, 15) is 0 Å². The maximum absolute atomic E-state index is 6.15. The number of nitrogens with one attached hydrogen (secondary N) is 1. The highest BCUT2D eigenvalue weighted by molar-refractivity contribution is 6.31. The third kappa shape index (κ3) is 1.72. The van der Waals surface area contributed by atoms with Gasteiger partial charge in [0.1, 0.15) is 0 Å². The van der Waals surface area contributed by atoms with Gasteiger partial charge in [-0.25, -0.2) is 0 Å². The minimum atomic E-state index is 0.577. The van der Waals surface area contributed by atoms with Crippen LogP contribution in [0, 0.1) is 0 Å². The van der Waals surface area contributed by atoms with Crippen molar-refractivity contribution in [3.8, 4) is 0 Å². The molecular formula is C13H14ClNO. The summed E-state index contributed by atoms with van der Waals surface area (Å²) >= 11 is 6.15. The molecule has 1 aromatic heterocycles. The van der Waals surface area contributed by atoms with E-state index in [1.165, 1.54) is 16.5 Å². The molecule has 0 atom stereocenters. The van der Waals surface area contributed by atoms with Crippen LogP contribution < -0.4 is 0 Å². The number of rotatable bonds is 1. The van der Waals surface area contributed by atoms with Gasteiger partial charge in [-0.15, -0.1) is 0 Å². The summed E-state index contributed by atoms with van der Waals surface area (Å²) < 4.78 is 5.40. The van der Waals surface area contributed by atoms with Crippen molar-refractivity contribution in [2.45, 2.75) is 18.8 Å². The normalized spacial score (nSPS) is 18.1. The van der Waals surface area contributed by atoms with Gasteiger partial charge in [0.2, 0.25) is 0 Å². The second-order valence-electron chi connectivity index (χ2n) is 4.32. The van der Waals surface area contributed by atoms with Gasteiger partial charge in [0.25, 0.3) is 0 Å². The number of ether oxygens (including phenoxy) is 1. The lowest BCUT2D eigenvalue weighted by molar-refractivity contribution is 0.0856. The van der Waals surface area contributed by atoms with Crippen molar-refractivity contribution in [2.75, 3.05) is 13.2 Å². The van der Waals surface area contributed by atoms with E-state index < -0.39 is 0 Å². The standard InChI is InChI=1S/C13H14ClNO/c14-11-7-10-1-4-15-13(10)12(8-11)9-2-5-16-6-3-9/h1,4,7-9,15H,2-3,5-6H2. The molecule has 1 fully saturated rings. The van der Waals surface area contributed by atoms with E-state index in [1.807, 2.05) is 12.3 Å². The Morgan fingerprint density at radius 3 is 2.88 bits per heavy atom. The number of H-pyrrole nitrogens is 1. The predicted octanol–water partition coefficient (Wildman–Crippen LogP) is 3.72. The van der Waals surface area contributed by atoms with Crippen LogP contribution in [0.15, 0.2) is 24.4 Å². The first kappa shape index (κ1) is 10.2. The SMILES string of the molecule is Clc1cc(C2CCOCC2)c2[nH]ccc2c1. The topological polar surface area (TPSA) is 25.0 Å². The first-order valence-electron chi connectivity index (χ1n) is 5.69. The zero-order valence-corrected chi connectivity index (χ0v) is 9.76. The molecule has 0 radical (unpaired) electrons. The molecule has 3 heteroatoms. The fourth-order valence-electron chi connectivity index (χ4n) is 2.49. The molecule has 0 amide bonds. The number of fused-ring (bicyclic) bond motifs is 1. The summed E-state index contributed by atoms with van der Waals surface area (Å²) in [6.45, 7) is 1.72. The zero-order valence-electron chi connectivity index (χ0n) is 9.00. The van der Waals surface area contributed by atoms with Crippen molar-refractivity contribution in [2.24, 2.45) is 0 Å². The second kappa shape index (κ2) is 4.11. The van der Waals surface area contributed by atoms with Crippen molar-refractivity contribution >= 4 is 22.5 Å². The third-order valence-electron chi connectivity index (χ3n) is 3.32.